The quantitative estimate of drug-likeness (QED) is 0.833. The Balaban J connectivity index is 2.46. The molecule has 2 aromatic rings. The summed E-state index contributed by atoms with van der Waals surface area (Å²) in [6, 6.07) is 0. The standard InChI is InChI=1S/C10H7Br2NO3/c11-6-5-4(2-14)1-13-8(5)7(12)10-9(6)15-3-16-10/h1,13-14H,2-3H2. The fourth-order valence-corrected chi connectivity index (χ4v) is 3.20. The van der Waals surface area contributed by atoms with Gasteiger partial charge in [0.1, 0.15) is 0 Å². The summed E-state index contributed by atoms with van der Waals surface area (Å²) in [5.41, 5.74) is 1.71. The maximum absolute atomic E-state index is 9.26. The Bertz CT molecular complexity index is 579. The largest absolute Gasteiger partial charge is 0.452 e. The number of aliphatic hydroxyl groups excluding tert-OH is 1. The van der Waals surface area contributed by atoms with Crippen LogP contribution < -0.4 is 9.47 Å². The van der Waals surface area contributed by atoms with E-state index in [2.05, 4.69) is 36.8 Å². The van der Waals surface area contributed by atoms with E-state index in [4.69, 9.17) is 9.47 Å². The molecule has 0 unspecified atom stereocenters. The first-order valence-electron chi connectivity index (χ1n) is 4.61. The predicted molar refractivity (Wildman–Crippen MR) is 65.7 cm³/mol. The monoisotopic (exact) mass is 347 g/mol. The van der Waals surface area contributed by atoms with Gasteiger partial charge >= 0.3 is 0 Å². The van der Waals surface area contributed by atoms with Crippen molar-refractivity contribution in [1.82, 2.24) is 4.98 Å². The Morgan fingerprint density at radius 1 is 1.25 bits per heavy atom. The first-order valence-corrected chi connectivity index (χ1v) is 6.20. The molecule has 4 nitrogen and oxygen atoms in total. The molecule has 1 aromatic heterocycles. The normalized spacial score (nSPS) is 13.7. The number of aliphatic hydroxyl groups is 1. The highest BCUT2D eigenvalue weighted by Crippen LogP contribution is 2.50. The van der Waals surface area contributed by atoms with Crippen LogP contribution in [0.3, 0.4) is 0 Å². The van der Waals surface area contributed by atoms with E-state index in [1.54, 1.807) is 6.20 Å². The second-order valence-corrected chi connectivity index (χ2v) is 5.00. The summed E-state index contributed by atoms with van der Waals surface area (Å²) >= 11 is 6.95. The number of aromatic nitrogens is 1. The molecule has 0 saturated carbocycles. The van der Waals surface area contributed by atoms with Crippen LogP contribution >= 0.6 is 31.9 Å². The lowest BCUT2D eigenvalue weighted by Crippen LogP contribution is -1.93. The minimum Gasteiger partial charge on any atom is -0.452 e. The number of hydrogen-bond donors (Lipinski definition) is 2. The predicted octanol–water partition coefficient (Wildman–Crippen LogP) is 2.91. The molecule has 1 aromatic carbocycles. The van der Waals surface area contributed by atoms with Crippen LogP contribution in [0.1, 0.15) is 5.56 Å². The van der Waals surface area contributed by atoms with Gasteiger partial charge in [0.25, 0.3) is 0 Å². The Morgan fingerprint density at radius 3 is 2.62 bits per heavy atom. The van der Waals surface area contributed by atoms with Crippen LogP contribution in [0.5, 0.6) is 11.5 Å². The summed E-state index contributed by atoms with van der Waals surface area (Å²) in [6.45, 7) is 0.193. The second kappa shape index (κ2) is 3.65. The van der Waals surface area contributed by atoms with Crippen molar-refractivity contribution in [3.63, 3.8) is 0 Å². The van der Waals surface area contributed by atoms with E-state index in [1.165, 1.54) is 0 Å². The first-order chi connectivity index (χ1) is 7.74. The molecule has 0 bridgehead atoms. The van der Waals surface area contributed by atoms with Gasteiger partial charge in [0.2, 0.25) is 6.79 Å². The third-order valence-corrected chi connectivity index (χ3v) is 4.10. The Kier molecular flexibility index (Phi) is 2.38. The lowest BCUT2D eigenvalue weighted by Gasteiger charge is -2.05. The van der Waals surface area contributed by atoms with Gasteiger partial charge < -0.3 is 19.6 Å². The van der Waals surface area contributed by atoms with Crippen LogP contribution in [-0.4, -0.2) is 16.9 Å². The van der Waals surface area contributed by atoms with Gasteiger partial charge in [0, 0.05) is 17.1 Å². The molecule has 16 heavy (non-hydrogen) atoms. The van der Waals surface area contributed by atoms with Gasteiger partial charge in [-0.05, 0) is 31.9 Å². The van der Waals surface area contributed by atoms with Crippen molar-refractivity contribution in [3.8, 4) is 11.5 Å². The Labute approximate surface area is 108 Å². The molecular weight excluding hydrogens is 342 g/mol. The lowest BCUT2D eigenvalue weighted by atomic mass is 10.1. The van der Waals surface area contributed by atoms with Crippen LogP contribution in [0.15, 0.2) is 15.1 Å². The third kappa shape index (κ3) is 1.23. The van der Waals surface area contributed by atoms with Crippen molar-refractivity contribution in [2.45, 2.75) is 6.61 Å². The van der Waals surface area contributed by atoms with Gasteiger partial charge in [-0.2, -0.15) is 0 Å². The average Bonchev–Trinajstić information content (AvgIpc) is 2.92. The van der Waals surface area contributed by atoms with Crippen LogP contribution in [0.25, 0.3) is 10.9 Å². The summed E-state index contributed by atoms with van der Waals surface area (Å²) in [6.07, 6.45) is 1.77. The smallest absolute Gasteiger partial charge is 0.231 e. The molecule has 2 N–H and O–H groups in total. The molecule has 6 heteroatoms. The molecule has 0 amide bonds. The zero-order valence-corrected chi connectivity index (χ0v) is 11.2. The highest BCUT2D eigenvalue weighted by molar-refractivity contribution is 9.11. The van der Waals surface area contributed by atoms with Crippen molar-refractivity contribution in [1.29, 1.82) is 0 Å². The fourth-order valence-electron chi connectivity index (χ4n) is 1.84. The number of aromatic amines is 1. The summed E-state index contributed by atoms with van der Waals surface area (Å²) in [7, 11) is 0. The molecule has 0 atom stereocenters. The number of ether oxygens (including phenoxy) is 2. The molecule has 0 aliphatic carbocycles. The molecule has 84 valence electrons. The maximum atomic E-state index is 9.26. The van der Waals surface area contributed by atoms with E-state index < -0.39 is 0 Å². The van der Waals surface area contributed by atoms with Gasteiger partial charge in [-0.1, -0.05) is 0 Å². The van der Waals surface area contributed by atoms with E-state index >= 15 is 0 Å². The van der Waals surface area contributed by atoms with Crippen molar-refractivity contribution in [3.05, 3.63) is 20.7 Å². The molecule has 0 fully saturated rings. The van der Waals surface area contributed by atoms with Crippen LogP contribution in [0, 0.1) is 0 Å². The van der Waals surface area contributed by atoms with E-state index in [9.17, 15) is 5.11 Å². The molecule has 2 heterocycles. The molecule has 1 aliphatic heterocycles. The van der Waals surface area contributed by atoms with Crippen LogP contribution in [0.2, 0.25) is 0 Å². The van der Waals surface area contributed by atoms with Gasteiger partial charge in [-0.25, -0.2) is 0 Å². The first kappa shape index (κ1) is 10.4. The van der Waals surface area contributed by atoms with Crippen molar-refractivity contribution in [2.24, 2.45) is 0 Å². The molecule has 0 spiro atoms. The third-order valence-electron chi connectivity index (χ3n) is 2.58. The van der Waals surface area contributed by atoms with E-state index in [1.807, 2.05) is 0 Å². The number of halogens is 2. The van der Waals surface area contributed by atoms with Crippen molar-refractivity contribution < 1.29 is 14.6 Å². The second-order valence-electron chi connectivity index (χ2n) is 3.41. The van der Waals surface area contributed by atoms with Gasteiger partial charge in [-0.3, -0.25) is 0 Å². The lowest BCUT2D eigenvalue weighted by molar-refractivity contribution is 0.173. The molecule has 3 rings (SSSR count). The van der Waals surface area contributed by atoms with E-state index in [0.717, 1.165) is 25.4 Å². The van der Waals surface area contributed by atoms with Crippen molar-refractivity contribution in [2.75, 3.05) is 6.79 Å². The minimum absolute atomic E-state index is 0.0231. The number of fused-ring (bicyclic) bond motifs is 2. The van der Waals surface area contributed by atoms with Gasteiger partial charge in [0.05, 0.1) is 21.1 Å². The average molecular weight is 349 g/mol. The maximum Gasteiger partial charge on any atom is 0.231 e. The molecule has 0 saturated heterocycles. The summed E-state index contributed by atoms with van der Waals surface area (Å²) < 4.78 is 12.4. The summed E-state index contributed by atoms with van der Waals surface area (Å²) in [5.74, 6) is 1.36. The Morgan fingerprint density at radius 2 is 1.94 bits per heavy atom. The fraction of sp³-hybridized carbons (Fsp3) is 0.200. The highest BCUT2D eigenvalue weighted by Gasteiger charge is 2.26. The summed E-state index contributed by atoms with van der Waals surface area (Å²) in [4.78, 5) is 3.11. The number of benzene rings is 1. The highest BCUT2D eigenvalue weighted by atomic mass is 79.9. The molecule has 1 aliphatic rings. The topological polar surface area (TPSA) is 54.5 Å². The number of H-pyrrole nitrogens is 1. The molecule has 0 radical (unpaired) electrons. The zero-order chi connectivity index (χ0) is 11.3. The van der Waals surface area contributed by atoms with E-state index in [-0.39, 0.29) is 13.4 Å². The van der Waals surface area contributed by atoms with Crippen LogP contribution in [-0.2, 0) is 6.61 Å². The summed E-state index contributed by atoms with van der Waals surface area (Å²) in [5, 5.41) is 10.2. The zero-order valence-electron chi connectivity index (χ0n) is 8.01. The minimum atomic E-state index is -0.0231. The van der Waals surface area contributed by atoms with Crippen molar-refractivity contribution >= 4 is 42.8 Å². The SMILES string of the molecule is OCc1c[nH]c2c(Br)c3c(c(Br)c12)OCO3. The van der Waals surface area contributed by atoms with Gasteiger partial charge in [0.15, 0.2) is 11.5 Å². The molecular formula is C10H7Br2NO3. The number of rotatable bonds is 1. The number of hydrogen-bond acceptors (Lipinski definition) is 3. The Hall–Kier alpha value is -0.720. The van der Waals surface area contributed by atoms with Gasteiger partial charge in [-0.15, -0.1) is 0 Å². The van der Waals surface area contributed by atoms with Crippen LogP contribution in [0.4, 0.5) is 0 Å². The van der Waals surface area contributed by atoms with E-state index in [0.29, 0.717) is 11.5 Å². The number of nitrogens with one attached hydrogen (secondary N) is 1.